The molecule has 0 amide bonds. The van der Waals surface area contributed by atoms with Gasteiger partial charge in [0.1, 0.15) is 18.5 Å². The number of benzene rings is 1. The highest BCUT2D eigenvalue weighted by Gasteiger charge is 2.11. The maximum atomic E-state index is 10.9. The van der Waals surface area contributed by atoms with E-state index in [0.29, 0.717) is 23.3 Å². The van der Waals surface area contributed by atoms with Crippen LogP contribution in [0.3, 0.4) is 0 Å². The van der Waals surface area contributed by atoms with Crippen molar-refractivity contribution in [1.82, 2.24) is 24.7 Å². The van der Waals surface area contributed by atoms with Crippen molar-refractivity contribution in [2.45, 2.75) is 6.54 Å². The lowest BCUT2D eigenvalue weighted by Crippen LogP contribution is -2.07. The molecule has 1 aromatic carbocycles. The van der Waals surface area contributed by atoms with Crippen LogP contribution >= 0.6 is 0 Å². The fraction of sp³-hybridized carbons (Fsp3) is 0.167. The highest BCUT2D eigenvalue weighted by atomic mass is 16.6. The summed E-state index contributed by atoms with van der Waals surface area (Å²) in [5.41, 5.74) is 0.634. The average Bonchev–Trinajstić information content (AvgIpc) is 2.89. The highest BCUT2D eigenvalue weighted by molar-refractivity contribution is 5.90. The van der Waals surface area contributed by atoms with E-state index in [1.807, 2.05) is 7.05 Å². The van der Waals surface area contributed by atoms with E-state index in [-0.39, 0.29) is 5.69 Å². The van der Waals surface area contributed by atoms with Crippen molar-refractivity contribution in [1.29, 1.82) is 0 Å². The third kappa shape index (κ3) is 2.48. The summed E-state index contributed by atoms with van der Waals surface area (Å²) < 4.78 is 1.78. The molecule has 3 rings (SSSR count). The molecule has 21 heavy (non-hydrogen) atoms. The minimum atomic E-state index is -0.446. The van der Waals surface area contributed by atoms with Gasteiger partial charge in [-0.2, -0.15) is 0 Å². The van der Waals surface area contributed by atoms with Crippen LogP contribution in [0.25, 0.3) is 10.9 Å². The number of rotatable bonds is 4. The third-order valence-electron chi connectivity index (χ3n) is 3.05. The fourth-order valence-electron chi connectivity index (χ4n) is 1.93. The molecule has 0 aliphatic heterocycles. The molecule has 0 atom stereocenters. The van der Waals surface area contributed by atoms with E-state index in [0.717, 1.165) is 5.82 Å². The summed E-state index contributed by atoms with van der Waals surface area (Å²) in [6.45, 7) is 0.408. The second-order valence-corrected chi connectivity index (χ2v) is 4.39. The lowest BCUT2D eigenvalue weighted by Gasteiger charge is -2.07. The predicted molar refractivity (Wildman–Crippen MR) is 74.5 cm³/mol. The van der Waals surface area contributed by atoms with Crippen LogP contribution in [0, 0.1) is 10.1 Å². The predicted octanol–water partition coefficient (Wildman–Crippen LogP) is 1.28. The first-order chi connectivity index (χ1) is 10.1. The van der Waals surface area contributed by atoms with Gasteiger partial charge in [0, 0.05) is 24.6 Å². The summed E-state index contributed by atoms with van der Waals surface area (Å²) in [7, 11) is 1.83. The Kier molecular flexibility index (Phi) is 3.14. The summed E-state index contributed by atoms with van der Waals surface area (Å²) in [4.78, 5) is 18.7. The Morgan fingerprint density at radius 1 is 1.38 bits per heavy atom. The first-order valence-electron chi connectivity index (χ1n) is 6.11. The molecular weight excluding hydrogens is 274 g/mol. The minimum absolute atomic E-state index is 0.000918. The Labute approximate surface area is 118 Å². The lowest BCUT2D eigenvalue weighted by atomic mass is 10.2. The van der Waals surface area contributed by atoms with E-state index in [4.69, 9.17) is 0 Å². The number of nitrogens with zero attached hydrogens (tertiary/aromatic N) is 6. The van der Waals surface area contributed by atoms with Crippen molar-refractivity contribution in [3.8, 4) is 0 Å². The van der Waals surface area contributed by atoms with Crippen molar-refractivity contribution < 1.29 is 4.92 Å². The molecule has 3 aromatic rings. The molecule has 0 bridgehead atoms. The molecule has 9 heteroatoms. The molecule has 9 nitrogen and oxygen atoms in total. The van der Waals surface area contributed by atoms with Crippen LogP contribution < -0.4 is 5.32 Å². The molecule has 0 radical (unpaired) electrons. The molecule has 106 valence electrons. The number of nitro groups is 1. The van der Waals surface area contributed by atoms with Gasteiger partial charge in [0.25, 0.3) is 5.69 Å². The zero-order chi connectivity index (χ0) is 14.8. The quantitative estimate of drug-likeness (QED) is 0.567. The second kappa shape index (κ2) is 5.12. The molecule has 0 saturated heterocycles. The zero-order valence-corrected chi connectivity index (χ0v) is 11.1. The Morgan fingerprint density at radius 2 is 2.24 bits per heavy atom. The Morgan fingerprint density at radius 3 is 2.95 bits per heavy atom. The first kappa shape index (κ1) is 12.9. The Bertz CT molecular complexity index is 814. The second-order valence-electron chi connectivity index (χ2n) is 4.39. The van der Waals surface area contributed by atoms with Gasteiger partial charge in [-0.05, 0) is 6.07 Å². The number of anilines is 1. The van der Waals surface area contributed by atoms with Crippen LogP contribution in [-0.4, -0.2) is 29.7 Å². The summed E-state index contributed by atoms with van der Waals surface area (Å²) in [6, 6.07) is 4.47. The van der Waals surface area contributed by atoms with Crippen molar-refractivity contribution in [3.05, 3.63) is 46.8 Å². The van der Waals surface area contributed by atoms with Crippen molar-refractivity contribution >= 4 is 22.4 Å². The number of hydrogen-bond acceptors (Lipinski definition) is 7. The van der Waals surface area contributed by atoms with Gasteiger partial charge in [-0.25, -0.2) is 9.97 Å². The first-order valence-corrected chi connectivity index (χ1v) is 6.11. The van der Waals surface area contributed by atoms with Crippen LogP contribution in [0.5, 0.6) is 0 Å². The summed E-state index contributed by atoms with van der Waals surface area (Å²) in [6.07, 6.45) is 3.01. The van der Waals surface area contributed by atoms with Crippen molar-refractivity contribution in [3.63, 3.8) is 0 Å². The van der Waals surface area contributed by atoms with Gasteiger partial charge in [-0.15, -0.1) is 10.2 Å². The number of nitrogens with one attached hydrogen (secondary N) is 1. The number of nitro benzene ring substituents is 1. The van der Waals surface area contributed by atoms with Gasteiger partial charge in [0.15, 0.2) is 5.82 Å². The van der Waals surface area contributed by atoms with Crippen LogP contribution in [0.4, 0.5) is 11.5 Å². The Hall–Kier alpha value is -3.10. The third-order valence-corrected chi connectivity index (χ3v) is 3.05. The minimum Gasteiger partial charge on any atom is -0.362 e. The van der Waals surface area contributed by atoms with Crippen molar-refractivity contribution in [2.24, 2.45) is 7.05 Å². The largest absolute Gasteiger partial charge is 0.362 e. The van der Waals surface area contributed by atoms with Crippen LogP contribution in [0.15, 0.2) is 30.9 Å². The number of fused-ring (bicyclic) bond motifs is 1. The summed E-state index contributed by atoms with van der Waals surface area (Å²) in [5, 5.41) is 22.3. The SMILES string of the molecule is Cn1cnnc1CNc1ncnc2ccc([N+](=O)[O-])cc12. The summed E-state index contributed by atoms with van der Waals surface area (Å²) in [5.74, 6) is 1.25. The molecular formula is C12H11N7O2. The lowest BCUT2D eigenvalue weighted by molar-refractivity contribution is -0.384. The van der Waals surface area contributed by atoms with E-state index in [9.17, 15) is 10.1 Å². The topological polar surface area (TPSA) is 112 Å². The normalized spacial score (nSPS) is 10.7. The zero-order valence-electron chi connectivity index (χ0n) is 11.1. The van der Waals surface area contributed by atoms with Gasteiger partial charge in [-0.1, -0.05) is 0 Å². The van der Waals surface area contributed by atoms with E-state index < -0.39 is 4.92 Å². The van der Waals surface area contributed by atoms with Crippen molar-refractivity contribution in [2.75, 3.05) is 5.32 Å². The molecule has 0 saturated carbocycles. The summed E-state index contributed by atoms with van der Waals surface area (Å²) >= 11 is 0. The van der Waals surface area contributed by atoms with Crippen LogP contribution in [0.2, 0.25) is 0 Å². The van der Waals surface area contributed by atoms with Gasteiger partial charge in [-0.3, -0.25) is 10.1 Å². The monoisotopic (exact) mass is 285 g/mol. The van der Waals surface area contributed by atoms with Crippen LogP contribution in [0.1, 0.15) is 5.82 Å². The molecule has 2 aromatic heterocycles. The molecule has 0 aliphatic rings. The Balaban J connectivity index is 1.95. The molecule has 2 heterocycles. The highest BCUT2D eigenvalue weighted by Crippen LogP contribution is 2.24. The van der Waals surface area contributed by atoms with Crippen LogP contribution in [-0.2, 0) is 13.6 Å². The van der Waals surface area contributed by atoms with Gasteiger partial charge >= 0.3 is 0 Å². The standard InChI is InChI=1S/C12H11N7O2/c1-18-7-16-17-11(18)5-13-12-9-4-8(19(20)21)2-3-10(9)14-6-15-12/h2-4,6-7H,5H2,1H3,(H,13,14,15). The van der Waals surface area contributed by atoms with E-state index in [1.54, 1.807) is 17.0 Å². The smallest absolute Gasteiger partial charge is 0.270 e. The molecule has 0 spiro atoms. The van der Waals surface area contributed by atoms with Gasteiger partial charge in [0.05, 0.1) is 17.0 Å². The molecule has 0 unspecified atom stereocenters. The fourth-order valence-corrected chi connectivity index (χ4v) is 1.93. The number of aromatic nitrogens is 5. The maximum Gasteiger partial charge on any atom is 0.270 e. The van der Waals surface area contributed by atoms with Gasteiger partial charge in [0.2, 0.25) is 0 Å². The molecule has 1 N–H and O–H groups in total. The maximum absolute atomic E-state index is 10.9. The molecule has 0 fully saturated rings. The number of non-ortho nitro benzene ring substituents is 1. The van der Waals surface area contributed by atoms with E-state index in [2.05, 4.69) is 25.5 Å². The molecule has 0 aliphatic carbocycles. The van der Waals surface area contributed by atoms with E-state index in [1.165, 1.54) is 18.5 Å². The number of aryl methyl sites for hydroxylation is 1. The van der Waals surface area contributed by atoms with Gasteiger partial charge < -0.3 is 9.88 Å². The number of hydrogen-bond donors (Lipinski definition) is 1. The average molecular weight is 285 g/mol. The van der Waals surface area contributed by atoms with E-state index >= 15 is 0 Å².